The zero-order valence-corrected chi connectivity index (χ0v) is 12.9. The van der Waals surface area contributed by atoms with E-state index in [1.807, 2.05) is 6.92 Å². The van der Waals surface area contributed by atoms with Crippen molar-refractivity contribution in [3.05, 3.63) is 17.7 Å². The zero-order chi connectivity index (χ0) is 15.2. The van der Waals surface area contributed by atoms with Crippen LogP contribution in [0.3, 0.4) is 0 Å². The lowest BCUT2D eigenvalue weighted by atomic mass is 9.83. The molecule has 2 rings (SSSR count). The van der Waals surface area contributed by atoms with E-state index in [0.29, 0.717) is 12.5 Å². The molecule has 0 bridgehead atoms. The molecule has 0 amide bonds. The highest BCUT2D eigenvalue weighted by Gasteiger charge is 2.25. The minimum atomic E-state index is -0.637. The van der Waals surface area contributed by atoms with Gasteiger partial charge in [0.05, 0.1) is 0 Å². The maximum Gasteiger partial charge on any atom is 0.168 e. The summed E-state index contributed by atoms with van der Waals surface area (Å²) in [5.41, 5.74) is 0. The number of hydrogen-bond donors (Lipinski definition) is 2. The van der Waals surface area contributed by atoms with Crippen LogP contribution >= 0.6 is 0 Å². The molecule has 2 atom stereocenters. The van der Waals surface area contributed by atoms with Crippen LogP contribution in [0.25, 0.3) is 0 Å². The van der Waals surface area contributed by atoms with Gasteiger partial charge in [0.25, 0.3) is 0 Å². The third-order valence-electron chi connectivity index (χ3n) is 4.23. The second-order valence-corrected chi connectivity index (χ2v) is 5.78. The molecular weight excluding hydrogens is 272 g/mol. The van der Waals surface area contributed by atoms with Crippen molar-refractivity contribution < 1.29 is 8.78 Å². The first-order valence-corrected chi connectivity index (χ1v) is 8.02. The highest BCUT2D eigenvalue weighted by Crippen LogP contribution is 2.30. The first kappa shape index (κ1) is 16.0. The maximum atomic E-state index is 13.9. The Labute approximate surface area is 125 Å². The van der Waals surface area contributed by atoms with Crippen molar-refractivity contribution in [2.75, 3.05) is 17.2 Å². The molecule has 0 radical (unpaired) electrons. The summed E-state index contributed by atoms with van der Waals surface area (Å²) < 4.78 is 27.6. The zero-order valence-electron chi connectivity index (χ0n) is 12.9. The van der Waals surface area contributed by atoms with E-state index >= 15 is 0 Å². The summed E-state index contributed by atoms with van der Waals surface area (Å²) >= 11 is 0. The number of aromatic nitrogens is 1. The van der Waals surface area contributed by atoms with Gasteiger partial charge in [-0.1, -0.05) is 33.1 Å². The first-order chi connectivity index (χ1) is 10.2. The number of rotatable bonds is 6. The Morgan fingerprint density at radius 2 is 1.86 bits per heavy atom. The Kier molecular flexibility index (Phi) is 5.76. The molecule has 1 fully saturated rings. The molecule has 0 aliphatic heterocycles. The molecule has 3 nitrogen and oxygen atoms in total. The molecule has 0 spiro atoms. The van der Waals surface area contributed by atoms with Gasteiger partial charge in [0.2, 0.25) is 0 Å². The molecular formula is C16H25F2N3. The van der Waals surface area contributed by atoms with E-state index in [4.69, 9.17) is 0 Å². The van der Waals surface area contributed by atoms with Gasteiger partial charge in [-0.15, -0.1) is 0 Å². The average molecular weight is 297 g/mol. The Bertz CT molecular complexity index is 465. The summed E-state index contributed by atoms with van der Waals surface area (Å²) in [5.74, 6) is -0.417. The molecule has 1 saturated carbocycles. The molecule has 2 N–H and O–H groups in total. The normalized spacial score (nSPS) is 22.1. The van der Waals surface area contributed by atoms with E-state index in [2.05, 4.69) is 22.5 Å². The molecule has 118 valence electrons. The second-order valence-electron chi connectivity index (χ2n) is 5.78. The van der Waals surface area contributed by atoms with E-state index in [-0.39, 0.29) is 17.7 Å². The SMILES string of the molecule is CCCNc1nc(NC2CCCCC2CC)c(F)cc1F. The molecule has 1 heterocycles. The van der Waals surface area contributed by atoms with Gasteiger partial charge in [-0.25, -0.2) is 13.8 Å². The van der Waals surface area contributed by atoms with Gasteiger partial charge in [0.1, 0.15) is 0 Å². The van der Waals surface area contributed by atoms with Crippen molar-refractivity contribution in [2.24, 2.45) is 5.92 Å². The summed E-state index contributed by atoms with van der Waals surface area (Å²) in [7, 11) is 0. The average Bonchev–Trinajstić information content (AvgIpc) is 2.49. The molecule has 2 unspecified atom stereocenters. The molecule has 5 heteroatoms. The summed E-state index contributed by atoms with van der Waals surface area (Å²) in [5, 5.41) is 6.10. The number of hydrogen-bond acceptors (Lipinski definition) is 3. The number of pyridine rings is 1. The van der Waals surface area contributed by atoms with E-state index in [1.54, 1.807) is 0 Å². The van der Waals surface area contributed by atoms with E-state index < -0.39 is 11.6 Å². The lowest BCUT2D eigenvalue weighted by molar-refractivity contribution is 0.316. The van der Waals surface area contributed by atoms with Gasteiger partial charge in [-0.3, -0.25) is 0 Å². The van der Waals surface area contributed by atoms with Crippen LogP contribution < -0.4 is 10.6 Å². The second kappa shape index (κ2) is 7.57. The lowest BCUT2D eigenvalue weighted by Crippen LogP contribution is -2.32. The Hall–Kier alpha value is -1.39. The molecule has 21 heavy (non-hydrogen) atoms. The summed E-state index contributed by atoms with van der Waals surface area (Å²) in [6, 6.07) is 1.15. The van der Waals surface area contributed by atoms with E-state index in [9.17, 15) is 8.78 Å². The summed E-state index contributed by atoms with van der Waals surface area (Å²) in [6.07, 6.45) is 6.51. The van der Waals surface area contributed by atoms with Gasteiger partial charge >= 0.3 is 0 Å². The first-order valence-electron chi connectivity index (χ1n) is 8.02. The monoisotopic (exact) mass is 297 g/mol. The number of anilines is 2. The lowest BCUT2D eigenvalue weighted by Gasteiger charge is -2.32. The van der Waals surface area contributed by atoms with Crippen LogP contribution in [0.2, 0.25) is 0 Å². The van der Waals surface area contributed by atoms with E-state index in [1.165, 1.54) is 6.42 Å². The summed E-state index contributed by atoms with van der Waals surface area (Å²) in [4.78, 5) is 4.10. The van der Waals surface area contributed by atoms with Gasteiger partial charge in [-0.2, -0.15) is 0 Å². The molecule has 0 saturated heterocycles. The largest absolute Gasteiger partial charge is 0.368 e. The van der Waals surface area contributed by atoms with Crippen LogP contribution in [0.4, 0.5) is 20.4 Å². The Morgan fingerprint density at radius 3 is 2.57 bits per heavy atom. The summed E-state index contributed by atoms with van der Waals surface area (Å²) in [6.45, 7) is 4.77. The maximum absolute atomic E-state index is 13.9. The fourth-order valence-corrected chi connectivity index (χ4v) is 3.00. The molecule has 0 aromatic carbocycles. The Morgan fingerprint density at radius 1 is 1.14 bits per heavy atom. The van der Waals surface area contributed by atoms with Gasteiger partial charge in [0, 0.05) is 18.7 Å². The van der Waals surface area contributed by atoms with Crippen LogP contribution in [0, 0.1) is 17.6 Å². The van der Waals surface area contributed by atoms with Gasteiger partial charge in [-0.05, 0) is 25.2 Å². The Balaban J connectivity index is 2.14. The number of halogens is 2. The van der Waals surface area contributed by atoms with Crippen molar-refractivity contribution in [1.82, 2.24) is 4.98 Å². The van der Waals surface area contributed by atoms with Crippen molar-refractivity contribution >= 4 is 11.6 Å². The fourth-order valence-electron chi connectivity index (χ4n) is 3.00. The fraction of sp³-hybridized carbons (Fsp3) is 0.688. The van der Waals surface area contributed by atoms with Crippen LogP contribution in [-0.2, 0) is 0 Å². The van der Waals surface area contributed by atoms with Gasteiger partial charge in [0.15, 0.2) is 23.3 Å². The minimum absolute atomic E-state index is 0.129. The molecule has 1 aromatic heterocycles. The topological polar surface area (TPSA) is 37.0 Å². The van der Waals surface area contributed by atoms with Crippen molar-refractivity contribution in [2.45, 2.75) is 58.4 Å². The van der Waals surface area contributed by atoms with Crippen LogP contribution in [0.1, 0.15) is 52.4 Å². The van der Waals surface area contributed by atoms with Crippen LogP contribution in [0.5, 0.6) is 0 Å². The standard InChI is InChI=1S/C16H25F2N3/c1-3-9-19-15-12(17)10-13(18)16(21-15)20-14-8-6-5-7-11(14)4-2/h10-11,14H,3-9H2,1-2H3,(H2,19,20,21). The van der Waals surface area contributed by atoms with Gasteiger partial charge < -0.3 is 10.6 Å². The molecule has 1 aliphatic carbocycles. The van der Waals surface area contributed by atoms with Crippen molar-refractivity contribution in [3.8, 4) is 0 Å². The van der Waals surface area contributed by atoms with Crippen molar-refractivity contribution in [3.63, 3.8) is 0 Å². The minimum Gasteiger partial charge on any atom is -0.368 e. The van der Waals surface area contributed by atoms with Crippen molar-refractivity contribution in [1.29, 1.82) is 0 Å². The number of nitrogens with one attached hydrogen (secondary N) is 2. The molecule has 1 aromatic rings. The number of nitrogens with zero attached hydrogens (tertiary/aromatic N) is 1. The highest BCUT2D eigenvalue weighted by molar-refractivity contribution is 5.48. The highest BCUT2D eigenvalue weighted by atomic mass is 19.1. The quantitative estimate of drug-likeness (QED) is 0.808. The third kappa shape index (κ3) is 4.05. The van der Waals surface area contributed by atoms with E-state index in [0.717, 1.165) is 38.2 Å². The smallest absolute Gasteiger partial charge is 0.168 e. The predicted molar refractivity (Wildman–Crippen MR) is 82.6 cm³/mol. The predicted octanol–water partition coefficient (Wildman–Crippen LogP) is 4.56. The van der Waals surface area contributed by atoms with Crippen LogP contribution in [0.15, 0.2) is 6.07 Å². The third-order valence-corrected chi connectivity index (χ3v) is 4.23. The van der Waals surface area contributed by atoms with Crippen LogP contribution in [-0.4, -0.2) is 17.6 Å². The molecule has 1 aliphatic rings.